The summed E-state index contributed by atoms with van der Waals surface area (Å²) >= 11 is 5.38. The van der Waals surface area contributed by atoms with Crippen molar-refractivity contribution in [3.63, 3.8) is 0 Å². The van der Waals surface area contributed by atoms with E-state index in [0.29, 0.717) is 13.0 Å². The molecule has 5 heteroatoms. The predicted molar refractivity (Wildman–Crippen MR) is 68.4 cm³/mol. The van der Waals surface area contributed by atoms with Gasteiger partial charge in [-0.15, -0.1) is 11.6 Å². The lowest BCUT2D eigenvalue weighted by atomic mass is 10.2. The van der Waals surface area contributed by atoms with Gasteiger partial charge in [-0.3, -0.25) is 9.59 Å². The molecule has 0 amide bonds. The molecule has 102 valence electrons. The molecule has 0 saturated heterocycles. The van der Waals surface area contributed by atoms with Crippen LogP contribution >= 0.6 is 11.6 Å². The fourth-order valence-electron chi connectivity index (χ4n) is 0.962. The summed E-state index contributed by atoms with van der Waals surface area (Å²) in [6.45, 7) is 4.24. The number of aliphatic carboxylic acids is 1. The zero-order chi connectivity index (χ0) is 13.5. The van der Waals surface area contributed by atoms with Gasteiger partial charge < -0.3 is 9.84 Å². The van der Waals surface area contributed by atoms with Crippen molar-refractivity contribution >= 4 is 23.5 Å². The van der Waals surface area contributed by atoms with Gasteiger partial charge in [-0.25, -0.2) is 0 Å². The van der Waals surface area contributed by atoms with E-state index in [4.69, 9.17) is 16.7 Å². The Hall–Kier alpha value is -0.770. The van der Waals surface area contributed by atoms with Crippen molar-refractivity contribution in [2.24, 2.45) is 0 Å². The molecule has 0 aromatic heterocycles. The number of carbonyl (C=O) groups is 2. The van der Waals surface area contributed by atoms with Crippen LogP contribution in [0.25, 0.3) is 0 Å². The Balaban J connectivity index is 0. The van der Waals surface area contributed by atoms with E-state index in [1.54, 1.807) is 6.92 Å². The number of unbranched alkanes of at least 4 members (excludes halogenated alkanes) is 2. The standard InChI is InChI=1S/C7H12O4.C5H11Cl/c1-2-11-7(10)5-3-4-6(8)9;1-2-3-4-5-6/h2-5H2,1H3,(H,8,9);2-5H2,1H3. The second kappa shape index (κ2) is 15.2. The van der Waals surface area contributed by atoms with Gasteiger partial charge in [-0.1, -0.05) is 19.8 Å². The molecule has 0 unspecified atom stereocenters. The molecule has 0 bridgehead atoms. The van der Waals surface area contributed by atoms with E-state index in [0.717, 1.165) is 5.88 Å². The molecule has 0 radical (unpaired) electrons. The molecule has 0 aliphatic rings. The molecular formula is C12H23ClO4. The molecule has 0 spiro atoms. The minimum absolute atomic E-state index is 0.0266. The van der Waals surface area contributed by atoms with Crippen LogP contribution in [-0.2, 0) is 14.3 Å². The van der Waals surface area contributed by atoms with Crippen molar-refractivity contribution in [2.75, 3.05) is 12.5 Å². The third-order valence-corrected chi connectivity index (χ3v) is 2.08. The van der Waals surface area contributed by atoms with E-state index in [1.807, 2.05) is 0 Å². The first kappa shape index (κ1) is 18.6. The van der Waals surface area contributed by atoms with E-state index < -0.39 is 5.97 Å². The van der Waals surface area contributed by atoms with Gasteiger partial charge in [0.15, 0.2) is 0 Å². The highest BCUT2D eigenvalue weighted by Crippen LogP contribution is 1.97. The lowest BCUT2D eigenvalue weighted by Crippen LogP contribution is -2.04. The summed E-state index contributed by atoms with van der Waals surface area (Å²) in [7, 11) is 0. The van der Waals surface area contributed by atoms with E-state index >= 15 is 0 Å². The highest BCUT2D eigenvalue weighted by atomic mass is 35.5. The topological polar surface area (TPSA) is 63.6 Å². The molecule has 4 nitrogen and oxygen atoms in total. The number of hydrogen-bond donors (Lipinski definition) is 1. The number of carboxylic acids is 1. The molecule has 0 aromatic carbocycles. The van der Waals surface area contributed by atoms with Gasteiger partial charge in [0.1, 0.15) is 0 Å². The van der Waals surface area contributed by atoms with Crippen LogP contribution in [0.3, 0.4) is 0 Å². The molecule has 0 heterocycles. The maximum absolute atomic E-state index is 10.6. The fourth-order valence-corrected chi connectivity index (χ4v) is 1.15. The second-order valence-electron chi connectivity index (χ2n) is 3.45. The molecule has 0 aliphatic heterocycles. The van der Waals surface area contributed by atoms with Crippen LogP contribution in [0.5, 0.6) is 0 Å². The zero-order valence-corrected chi connectivity index (χ0v) is 11.5. The van der Waals surface area contributed by atoms with E-state index in [2.05, 4.69) is 11.7 Å². The Bertz CT molecular complexity index is 191. The third-order valence-electron chi connectivity index (χ3n) is 1.81. The maximum Gasteiger partial charge on any atom is 0.305 e. The molecule has 0 saturated carbocycles. The van der Waals surface area contributed by atoms with Crippen molar-refractivity contribution in [2.45, 2.75) is 52.4 Å². The first-order chi connectivity index (χ1) is 8.08. The number of halogens is 1. The van der Waals surface area contributed by atoms with Crippen LogP contribution in [0, 0.1) is 0 Å². The van der Waals surface area contributed by atoms with Gasteiger partial charge in [0, 0.05) is 18.7 Å². The quantitative estimate of drug-likeness (QED) is 0.416. The van der Waals surface area contributed by atoms with Crippen molar-refractivity contribution in [1.82, 2.24) is 0 Å². The summed E-state index contributed by atoms with van der Waals surface area (Å²) in [5.41, 5.74) is 0. The van der Waals surface area contributed by atoms with Gasteiger partial charge in [-0.2, -0.15) is 0 Å². The van der Waals surface area contributed by atoms with Gasteiger partial charge in [0.2, 0.25) is 0 Å². The van der Waals surface area contributed by atoms with Crippen LogP contribution in [-0.4, -0.2) is 29.5 Å². The monoisotopic (exact) mass is 266 g/mol. The second-order valence-corrected chi connectivity index (χ2v) is 3.83. The molecule has 0 fully saturated rings. The smallest absolute Gasteiger partial charge is 0.305 e. The van der Waals surface area contributed by atoms with Gasteiger partial charge in [0.25, 0.3) is 0 Å². The number of esters is 1. The summed E-state index contributed by atoms with van der Waals surface area (Å²) in [6, 6.07) is 0. The largest absolute Gasteiger partial charge is 0.481 e. The summed E-state index contributed by atoms with van der Waals surface area (Å²) in [6.07, 6.45) is 4.31. The first-order valence-corrected chi connectivity index (χ1v) is 6.55. The van der Waals surface area contributed by atoms with Gasteiger partial charge in [0.05, 0.1) is 6.61 Å². The third kappa shape index (κ3) is 21.1. The number of hydrogen-bond acceptors (Lipinski definition) is 3. The zero-order valence-electron chi connectivity index (χ0n) is 10.7. The van der Waals surface area contributed by atoms with Crippen LogP contribution in [0.15, 0.2) is 0 Å². The molecule has 1 N–H and O–H groups in total. The van der Waals surface area contributed by atoms with Gasteiger partial charge >= 0.3 is 11.9 Å². The minimum Gasteiger partial charge on any atom is -0.481 e. The summed E-state index contributed by atoms with van der Waals surface area (Å²) in [5, 5.41) is 8.20. The summed E-state index contributed by atoms with van der Waals surface area (Å²) in [5.74, 6) is -0.378. The molecule has 0 aliphatic carbocycles. The van der Waals surface area contributed by atoms with Crippen molar-refractivity contribution in [1.29, 1.82) is 0 Å². The van der Waals surface area contributed by atoms with Crippen LogP contribution < -0.4 is 0 Å². The van der Waals surface area contributed by atoms with Crippen molar-refractivity contribution in [3.8, 4) is 0 Å². The van der Waals surface area contributed by atoms with E-state index in [9.17, 15) is 9.59 Å². The Morgan fingerprint density at radius 1 is 1.12 bits per heavy atom. The van der Waals surface area contributed by atoms with Crippen LogP contribution in [0.1, 0.15) is 52.4 Å². The number of rotatable bonds is 8. The lowest BCUT2D eigenvalue weighted by molar-refractivity contribution is -0.143. The normalized spacial score (nSPS) is 9.12. The Morgan fingerprint density at radius 2 is 1.76 bits per heavy atom. The van der Waals surface area contributed by atoms with E-state index in [-0.39, 0.29) is 18.8 Å². The maximum atomic E-state index is 10.6. The van der Waals surface area contributed by atoms with E-state index in [1.165, 1.54) is 19.3 Å². The molecule has 17 heavy (non-hydrogen) atoms. The SMILES string of the molecule is CCCCCCl.CCOC(=O)CCCC(=O)O. The van der Waals surface area contributed by atoms with Crippen LogP contribution in [0.4, 0.5) is 0 Å². The predicted octanol–water partition coefficient (Wildman–Crippen LogP) is 3.22. The Kier molecular flexibility index (Phi) is 16.7. The first-order valence-electron chi connectivity index (χ1n) is 6.01. The number of ether oxygens (including phenoxy) is 1. The molecular weight excluding hydrogens is 244 g/mol. The Labute approximate surface area is 108 Å². The van der Waals surface area contributed by atoms with Crippen molar-refractivity contribution in [3.05, 3.63) is 0 Å². The minimum atomic E-state index is -0.880. The number of alkyl halides is 1. The average molecular weight is 267 g/mol. The van der Waals surface area contributed by atoms with Gasteiger partial charge in [-0.05, 0) is 19.8 Å². The number of carbonyl (C=O) groups excluding carboxylic acids is 1. The number of carboxylic acid groups (broad SMARTS) is 1. The van der Waals surface area contributed by atoms with Crippen molar-refractivity contribution < 1.29 is 19.4 Å². The Morgan fingerprint density at radius 3 is 2.12 bits per heavy atom. The molecule has 0 aromatic rings. The highest BCUT2D eigenvalue weighted by molar-refractivity contribution is 6.17. The highest BCUT2D eigenvalue weighted by Gasteiger charge is 2.02. The summed E-state index contributed by atoms with van der Waals surface area (Å²) < 4.78 is 4.59. The van der Waals surface area contributed by atoms with Crippen LogP contribution in [0.2, 0.25) is 0 Å². The average Bonchev–Trinajstić information content (AvgIpc) is 2.27. The lowest BCUT2D eigenvalue weighted by Gasteiger charge is -1.98. The molecule has 0 atom stereocenters. The summed E-state index contributed by atoms with van der Waals surface area (Å²) in [4.78, 5) is 20.6. The molecule has 0 rings (SSSR count). The fraction of sp³-hybridized carbons (Fsp3) is 0.833.